The van der Waals surface area contributed by atoms with E-state index in [1.165, 1.54) is 23.9 Å². The summed E-state index contributed by atoms with van der Waals surface area (Å²) in [5.41, 5.74) is 2.38. The van der Waals surface area contributed by atoms with Gasteiger partial charge in [-0.05, 0) is 42.2 Å². The number of hydrogen-bond acceptors (Lipinski definition) is 5. The fourth-order valence-electron chi connectivity index (χ4n) is 3.48. The lowest BCUT2D eigenvalue weighted by Gasteiger charge is -2.25. The van der Waals surface area contributed by atoms with Gasteiger partial charge >= 0.3 is 0 Å². The molecule has 160 valence electrons. The van der Waals surface area contributed by atoms with E-state index in [9.17, 15) is 14.0 Å². The van der Waals surface area contributed by atoms with Crippen LogP contribution < -0.4 is 5.32 Å². The molecular formula is C23H23FN4O2S. The molecule has 2 aliphatic heterocycles. The highest BCUT2D eigenvalue weighted by Crippen LogP contribution is 2.34. The number of carbonyl (C=O) groups excluding carboxylic acids is 2. The molecule has 0 saturated carbocycles. The summed E-state index contributed by atoms with van der Waals surface area (Å²) in [7, 11) is 0. The van der Waals surface area contributed by atoms with E-state index in [1.54, 1.807) is 17.0 Å². The number of carbonyl (C=O) groups is 2. The van der Waals surface area contributed by atoms with Crippen LogP contribution in [0.4, 0.5) is 10.1 Å². The van der Waals surface area contributed by atoms with Crippen molar-refractivity contribution in [1.82, 2.24) is 10.2 Å². The van der Waals surface area contributed by atoms with Crippen LogP contribution in [0, 0.1) is 11.7 Å². The molecule has 31 heavy (non-hydrogen) atoms. The van der Waals surface area contributed by atoms with Crippen LogP contribution in [-0.4, -0.2) is 39.5 Å². The molecular weight excluding hydrogens is 415 g/mol. The zero-order valence-electron chi connectivity index (χ0n) is 17.3. The number of nitrogens with one attached hydrogen (secondary N) is 1. The van der Waals surface area contributed by atoms with Crippen LogP contribution in [0.25, 0.3) is 0 Å². The van der Waals surface area contributed by atoms with E-state index in [4.69, 9.17) is 4.99 Å². The first kappa shape index (κ1) is 21.2. The lowest BCUT2D eigenvalue weighted by molar-refractivity contribution is -0.125. The molecule has 0 unspecified atom stereocenters. The van der Waals surface area contributed by atoms with Crippen molar-refractivity contribution in [3.63, 3.8) is 0 Å². The van der Waals surface area contributed by atoms with Crippen molar-refractivity contribution < 1.29 is 14.0 Å². The smallest absolute Gasteiger partial charge is 0.259 e. The Labute approximate surface area is 184 Å². The van der Waals surface area contributed by atoms with Crippen LogP contribution in [0.2, 0.25) is 0 Å². The van der Waals surface area contributed by atoms with Gasteiger partial charge in [-0.2, -0.15) is 0 Å². The quantitative estimate of drug-likeness (QED) is 0.744. The van der Waals surface area contributed by atoms with Crippen LogP contribution in [0.1, 0.15) is 31.4 Å². The molecule has 1 N–H and O–H groups in total. The molecule has 1 atom stereocenters. The molecule has 2 aromatic carbocycles. The van der Waals surface area contributed by atoms with Gasteiger partial charge in [-0.25, -0.2) is 14.3 Å². The second kappa shape index (κ2) is 9.01. The zero-order chi connectivity index (χ0) is 22.0. The number of amides is 2. The SMILES string of the molecule is CC(C)C[C@@H]1N=C2c3ccccc3N=C(SCC(=O)NCc3ccc(F)cc3)N2C1=O. The minimum atomic E-state index is -0.431. The fourth-order valence-corrected chi connectivity index (χ4v) is 4.31. The molecule has 8 heteroatoms. The van der Waals surface area contributed by atoms with Gasteiger partial charge in [0.15, 0.2) is 5.17 Å². The van der Waals surface area contributed by atoms with Crippen LogP contribution in [-0.2, 0) is 16.1 Å². The second-order valence-electron chi connectivity index (χ2n) is 7.88. The Morgan fingerprint density at radius 2 is 1.94 bits per heavy atom. The molecule has 0 spiro atoms. The van der Waals surface area contributed by atoms with Crippen LogP contribution >= 0.6 is 11.8 Å². The van der Waals surface area contributed by atoms with E-state index in [-0.39, 0.29) is 23.4 Å². The third-order valence-electron chi connectivity index (χ3n) is 4.98. The standard InChI is InChI=1S/C23H23FN4O2S/c1-14(2)11-19-22(30)28-21(26-19)17-5-3-4-6-18(17)27-23(28)31-13-20(29)25-12-15-7-9-16(24)10-8-15/h3-10,14,19H,11-13H2,1-2H3,(H,25,29)/t19-/m0/s1. The maximum absolute atomic E-state index is 13.1. The van der Waals surface area contributed by atoms with Gasteiger partial charge in [0.25, 0.3) is 5.91 Å². The third-order valence-corrected chi connectivity index (χ3v) is 5.92. The third kappa shape index (κ3) is 4.69. The first-order valence-electron chi connectivity index (χ1n) is 10.2. The Morgan fingerprint density at radius 1 is 1.19 bits per heavy atom. The molecule has 2 heterocycles. The Bertz CT molecular complexity index is 1070. The number of thioether (sulfide) groups is 1. The number of aliphatic imine (C=N–C) groups is 2. The normalized spacial score (nSPS) is 17.2. The van der Waals surface area contributed by atoms with Crippen molar-refractivity contribution in [2.75, 3.05) is 5.75 Å². The van der Waals surface area contributed by atoms with E-state index in [0.717, 1.165) is 16.8 Å². The number of nitrogens with zero attached hydrogens (tertiary/aromatic N) is 3. The molecule has 6 nitrogen and oxygen atoms in total. The Hall–Kier alpha value is -3.00. The van der Waals surface area contributed by atoms with Crippen LogP contribution in [0.5, 0.6) is 0 Å². The van der Waals surface area contributed by atoms with Gasteiger partial charge in [0, 0.05) is 12.1 Å². The maximum Gasteiger partial charge on any atom is 0.259 e. The maximum atomic E-state index is 13.1. The fraction of sp³-hybridized carbons (Fsp3) is 0.304. The molecule has 0 bridgehead atoms. The van der Waals surface area contributed by atoms with Crippen molar-refractivity contribution in [3.8, 4) is 0 Å². The minimum Gasteiger partial charge on any atom is -0.351 e. The molecule has 4 rings (SSSR count). The molecule has 2 aromatic rings. The summed E-state index contributed by atoms with van der Waals surface area (Å²) < 4.78 is 13.0. The molecule has 2 aliphatic rings. The average molecular weight is 439 g/mol. The summed E-state index contributed by atoms with van der Waals surface area (Å²) in [5.74, 6) is 0.435. The topological polar surface area (TPSA) is 74.1 Å². The monoisotopic (exact) mass is 438 g/mol. The van der Waals surface area contributed by atoms with Gasteiger partial charge in [0.1, 0.15) is 17.7 Å². The first-order valence-corrected chi connectivity index (χ1v) is 11.1. The lowest BCUT2D eigenvalue weighted by Crippen LogP contribution is -2.41. The lowest BCUT2D eigenvalue weighted by atomic mass is 10.0. The number of halogens is 1. The minimum absolute atomic E-state index is 0.101. The molecule has 2 amide bonds. The van der Waals surface area contributed by atoms with Gasteiger partial charge in [0.05, 0.1) is 11.4 Å². The second-order valence-corrected chi connectivity index (χ2v) is 8.82. The Kier molecular flexibility index (Phi) is 6.18. The molecule has 0 fully saturated rings. The largest absolute Gasteiger partial charge is 0.351 e. The summed E-state index contributed by atoms with van der Waals surface area (Å²) in [5, 5.41) is 3.28. The number of para-hydroxylation sites is 1. The summed E-state index contributed by atoms with van der Waals surface area (Å²) in [4.78, 5) is 36.3. The molecule has 0 aliphatic carbocycles. The highest BCUT2D eigenvalue weighted by atomic mass is 32.2. The van der Waals surface area contributed by atoms with Gasteiger partial charge in [0.2, 0.25) is 5.91 Å². The highest BCUT2D eigenvalue weighted by molar-refractivity contribution is 8.14. The summed E-state index contributed by atoms with van der Waals surface area (Å²) >= 11 is 1.21. The predicted octanol–water partition coefficient (Wildman–Crippen LogP) is 3.88. The van der Waals surface area contributed by atoms with Crippen molar-refractivity contribution in [2.45, 2.75) is 32.9 Å². The Balaban J connectivity index is 1.47. The molecule has 0 aromatic heterocycles. The molecule has 0 radical (unpaired) electrons. The van der Waals surface area contributed by atoms with E-state index in [0.29, 0.717) is 29.9 Å². The summed E-state index contributed by atoms with van der Waals surface area (Å²) in [6.45, 7) is 4.43. The van der Waals surface area contributed by atoms with E-state index in [1.807, 2.05) is 24.3 Å². The van der Waals surface area contributed by atoms with E-state index >= 15 is 0 Å². The number of benzene rings is 2. The summed E-state index contributed by atoms with van der Waals surface area (Å²) in [6.07, 6.45) is 0.664. The van der Waals surface area contributed by atoms with Gasteiger partial charge in [-0.3, -0.25) is 14.6 Å². The van der Waals surface area contributed by atoms with Gasteiger partial charge in [-0.1, -0.05) is 49.9 Å². The van der Waals surface area contributed by atoms with Crippen molar-refractivity contribution in [1.29, 1.82) is 0 Å². The number of amidine groups is 2. The number of rotatable bonds is 6. The highest BCUT2D eigenvalue weighted by Gasteiger charge is 2.41. The van der Waals surface area contributed by atoms with Crippen LogP contribution in [0.15, 0.2) is 58.5 Å². The van der Waals surface area contributed by atoms with Crippen LogP contribution in [0.3, 0.4) is 0 Å². The molecule has 0 saturated heterocycles. The average Bonchev–Trinajstić information content (AvgIpc) is 3.07. The van der Waals surface area contributed by atoms with E-state index in [2.05, 4.69) is 24.2 Å². The van der Waals surface area contributed by atoms with Crippen molar-refractivity contribution in [3.05, 3.63) is 65.5 Å². The van der Waals surface area contributed by atoms with Crippen molar-refractivity contribution in [2.24, 2.45) is 15.9 Å². The van der Waals surface area contributed by atoms with Gasteiger partial charge < -0.3 is 5.32 Å². The van der Waals surface area contributed by atoms with E-state index < -0.39 is 6.04 Å². The zero-order valence-corrected chi connectivity index (χ0v) is 18.2. The Morgan fingerprint density at radius 3 is 2.68 bits per heavy atom. The van der Waals surface area contributed by atoms with Crippen molar-refractivity contribution >= 4 is 40.3 Å². The number of hydrogen-bond donors (Lipinski definition) is 1. The summed E-state index contributed by atoms with van der Waals surface area (Å²) in [6, 6.07) is 13.1. The number of fused-ring (bicyclic) bond motifs is 3. The first-order chi connectivity index (χ1) is 14.9. The van der Waals surface area contributed by atoms with Gasteiger partial charge in [-0.15, -0.1) is 0 Å². The predicted molar refractivity (Wildman–Crippen MR) is 121 cm³/mol.